The van der Waals surface area contributed by atoms with Crippen LogP contribution in [-0.2, 0) is 4.74 Å². The second-order valence-electron chi connectivity index (χ2n) is 8.24. The van der Waals surface area contributed by atoms with Crippen molar-refractivity contribution in [3.8, 4) is 11.3 Å². The molecule has 0 aromatic carbocycles. The minimum Gasteiger partial charge on any atom is -0.380 e. The van der Waals surface area contributed by atoms with E-state index in [2.05, 4.69) is 33.8 Å². The standard InChI is InChI=1S/C23H28N6O/c1-16(2)29-23-21(22(27-29)19-14-25-26-15-19)12-18(13-24-23)17-4-6-20(7-5-17)28-8-3-10-30-11-9-28/h4,12-15,20H,1,3,5-11H2,2H3,(H,25,26). The van der Waals surface area contributed by atoms with E-state index in [1.165, 1.54) is 17.6 Å². The van der Waals surface area contributed by atoms with Crippen molar-refractivity contribution in [2.75, 3.05) is 26.3 Å². The summed E-state index contributed by atoms with van der Waals surface area (Å²) in [5, 5.41) is 12.8. The molecule has 7 heteroatoms. The molecule has 156 valence electrons. The predicted molar refractivity (Wildman–Crippen MR) is 119 cm³/mol. The van der Waals surface area contributed by atoms with E-state index in [0.29, 0.717) is 6.04 Å². The van der Waals surface area contributed by atoms with Gasteiger partial charge in [0.25, 0.3) is 0 Å². The molecular weight excluding hydrogens is 376 g/mol. The van der Waals surface area contributed by atoms with Crippen LogP contribution in [0.1, 0.15) is 38.2 Å². The quantitative estimate of drug-likeness (QED) is 0.712. The summed E-state index contributed by atoms with van der Waals surface area (Å²) in [7, 11) is 0. The number of nitrogens with zero attached hydrogens (tertiary/aromatic N) is 5. The molecule has 1 atom stereocenters. The van der Waals surface area contributed by atoms with Crippen molar-refractivity contribution in [1.82, 2.24) is 29.9 Å². The predicted octanol–water partition coefficient (Wildman–Crippen LogP) is 3.97. The third-order valence-electron chi connectivity index (χ3n) is 6.18. The molecule has 5 rings (SSSR count). The summed E-state index contributed by atoms with van der Waals surface area (Å²) in [6.07, 6.45) is 12.5. The summed E-state index contributed by atoms with van der Waals surface area (Å²) in [4.78, 5) is 7.38. The van der Waals surface area contributed by atoms with Gasteiger partial charge in [0.05, 0.1) is 12.8 Å². The molecule has 1 unspecified atom stereocenters. The van der Waals surface area contributed by atoms with Crippen molar-refractivity contribution in [2.24, 2.45) is 0 Å². The van der Waals surface area contributed by atoms with E-state index in [-0.39, 0.29) is 0 Å². The summed E-state index contributed by atoms with van der Waals surface area (Å²) in [5.41, 5.74) is 6.09. The Morgan fingerprint density at radius 1 is 1.23 bits per heavy atom. The van der Waals surface area contributed by atoms with Gasteiger partial charge in [0.1, 0.15) is 5.69 Å². The Morgan fingerprint density at radius 3 is 2.93 bits per heavy atom. The molecule has 4 heterocycles. The van der Waals surface area contributed by atoms with Crippen LogP contribution < -0.4 is 0 Å². The van der Waals surface area contributed by atoms with Gasteiger partial charge in [-0.3, -0.25) is 10.00 Å². The van der Waals surface area contributed by atoms with Crippen LogP contribution >= 0.6 is 0 Å². The lowest BCUT2D eigenvalue weighted by Crippen LogP contribution is -2.37. The maximum Gasteiger partial charge on any atom is 0.163 e. The Kier molecular flexibility index (Phi) is 5.23. The van der Waals surface area contributed by atoms with E-state index in [9.17, 15) is 0 Å². The fourth-order valence-corrected chi connectivity index (χ4v) is 4.58. The molecule has 1 N–H and O–H groups in total. The second kappa shape index (κ2) is 8.16. The Balaban J connectivity index is 1.45. The van der Waals surface area contributed by atoms with Crippen LogP contribution in [0.25, 0.3) is 33.6 Å². The topological polar surface area (TPSA) is 71.9 Å². The number of aromatic amines is 1. The lowest BCUT2D eigenvalue weighted by atomic mass is 9.90. The number of hydrogen-bond acceptors (Lipinski definition) is 5. The Bertz CT molecular complexity index is 1070. The van der Waals surface area contributed by atoms with Crippen LogP contribution in [0, 0.1) is 0 Å². The highest BCUT2D eigenvalue weighted by Crippen LogP contribution is 2.33. The van der Waals surface area contributed by atoms with E-state index in [1.807, 2.05) is 24.0 Å². The van der Waals surface area contributed by atoms with Crippen LogP contribution in [0.2, 0.25) is 0 Å². The molecule has 1 aliphatic heterocycles. The molecule has 3 aromatic heterocycles. The average Bonchev–Trinajstić information content (AvgIpc) is 3.34. The molecule has 2 aliphatic rings. The summed E-state index contributed by atoms with van der Waals surface area (Å²) >= 11 is 0. The van der Waals surface area contributed by atoms with E-state index in [1.54, 1.807) is 6.20 Å². The zero-order valence-electron chi connectivity index (χ0n) is 17.5. The van der Waals surface area contributed by atoms with Gasteiger partial charge in [-0.1, -0.05) is 12.7 Å². The molecule has 0 bridgehead atoms. The largest absolute Gasteiger partial charge is 0.380 e. The number of fused-ring (bicyclic) bond motifs is 1. The molecule has 1 saturated heterocycles. The number of allylic oxidation sites excluding steroid dienone is 2. The van der Waals surface area contributed by atoms with Crippen molar-refractivity contribution in [1.29, 1.82) is 0 Å². The van der Waals surface area contributed by atoms with E-state index >= 15 is 0 Å². The number of pyridine rings is 1. The molecule has 1 fully saturated rings. The van der Waals surface area contributed by atoms with Crippen LogP contribution in [0.3, 0.4) is 0 Å². The monoisotopic (exact) mass is 404 g/mol. The first-order valence-electron chi connectivity index (χ1n) is 10.8. The van der Waals surface area contributed by atoms with Crippen LogP contribution in [-0.4, -0.2) is 62.2 Å². The third kappa shape index (κ3) is 3.59. The molecule has 3 aromatic rings. The fraction of sp³-hybridized carbons (Fsp3) is 0.435. The highest BCUT2D eigenvalue weighted by molar-refractivity contribution is 5.94. The first-order chi connectivity index (χ1) is 14.7. The molecular formula is C23H28N6O. The van der Waals surface area contributed by atoms with Gasteiger partial charge in [-0.15, -0.1) is 0 Å². The van der Waals surface area contributed by atoms with Crippen molar-refractivity contribution >= 4 is 22.3 Å². The number of aromatic nitrogens is 5. The maximum atomic E-state index is 5.62. The number of hydrogen-bond donors (Lipinski definition) is 1. The molecule has 0 saturated carbocycles. The second-order valence-corrected chi connectivity index (χ2v) is 8.24. The smallest absolute Gasteiger partial charge is 0.163 e. The fourth-order valence-electron chi connectivity index (χ4n) is 4.58. The van der Waals surface area contributed by atoms with Crippen LogP contribution in [0.5, 0.6) is 0 Å². The molecule has 1 aliphatic carbocycles. The van der Waals surface area contributed by atoms with Crippen molar-refractivity contribution in [3.63, 3.8) is 0 Å². The zero-order valence-corrected chi connectivity index (χ0v) is 17.5. The van der Waals surface area contributed by atoms with Gasteiger partial charge in [-0.2, -0.15) is 10.2 Å². The number of H-pyrrole nitrogens is 1. The summed E-state index contributed by atoms with van der Waals surface area (Å²) in [6, 6.07) is 2.85. The van der Waals surface area contributed by atoms with E-state index < -0.39 is 0 Å². The first kappa shape index (κ1) is 19.2. The molecule has 30 heavy (non-hydrogen) atoms. The van der Waals surface area contributed by atoms with Gasteiger partial charge in [0.15, 0.2) is 5.65 Å². The Labute approximate surface area is 176 Å². The Hall–Kier alpha value is -2.77. The highest BCUT2D eigenvalue weighted by Gasteiger charge is 2.23. The van der Waals surface area contributed by atoms with Gasteiger partial charge >= 0.3 is 0 Å². The summed E-state index contributed by atoms with van der Waals surface area (Å²) in [6.45, 7) is 9.95. The van der Waals surface area contributed by atoms with Crippen LogP contribution in [0.15, 0.2) is 37.3 Å². The van der Waals surface area contributed by atoms with Crippen molar-refractivity contribution in [3.05, 3.63) is 42.9 Å². The Morgan fingerprint density at radius 2 is 2.17 bits per heavy atom. The molecule has 0 spiro atoms. The average molecular weight is 405 g/mol. The number of rotatable bonds is 4. The van der Waals surface area contributed by atoms with Gasteiger partial charge < -0.3 is 4.74 Å². The maximum absolute atomic E-state index is 5.62. The van der Waals surface area contributed by atoms with Gasteiger partial charge in [-0.05, 0) is 49.8 Å². The van der Waals surface area contributed by atoms with Crippen molar-refractivity contribution < 1.29 is 4.74 Å². The molecule has 7 nitrogen and oxygen atoms in total. The minimum absolute atomic E-state index is 0.625. The van der Waals surface area contributed by atoms with Gasteiger partial charge in [0, 0.05) is 54.8 Å². The zero-order chi connectivity index (χ0) is 20.5. The lowest BCUT2D eigenvalue weighted by Gasteiger charge is -2.32. The highest BCUT2D eigenvalue weighted by atomic mass is 16.5. The summed E-state index contributed by atoms with van der Waals surface area (Å²) in [5.74, 6) is 0. The van der Waals surface area contributed by atoms with E-state index in [4.69, 9.17) is 14.8 Å². The van der Waals surface area contributed by atoms with E-state index in [0.717, 1.165) is 73.6 Å². The lowest BCUT2D eigenvalue weighted by molar-refractivity contribution is 0.129. The SMILES string of the molecule is C=C(C)n1nc(-c2cn[nH]c2)c2cc(C3=CCC(N4CCCOCC4)CC3)cnc21. The first-order valence-corrected chi connectivity index (χ1v) is 10.8. The number of ether oxygens (including phenoxy) is 1. The third-order valence-corrected chi connectivity index (χ3v) is 6.18. The van der Waals surface area contributed by atoms with Crippen molar-refractivity contribution in [2.45, 2.75) is 38.6 Å². The molecule has 0 amide bonds. The minimum atomic E-state index is 0.625. The number of nitrogens with one attached hydrogen (secondary N) is 1. The summed E-state index contributed by atoms with van der Waals surface area (Å²) < 4.78 is 7.43. The normalized spacial score (nSPS) is 20.8. The van der Waals surface area contributed by atoms with Crippen LogP contribution in [0.4, 0.5) is 0 Å². The van der Waals surface area contributed by atoms with Gasteiger partial charge in [0.2, 0.25) is 0 Å². The van der Waals surface area contributed by atoms with Gasteiger partial charge in [-0.25, -0.2) is 9.67 Å². The molecule has 0 radical (unpaired) electrons.